The number of hydrogen-bond donors (Lipinski definition) is 2. The highest BCUT2D eigenvalue weighted by atomic mass is 35.5. The van der Waals surface area contributed by atoms with Crippen molar-refractivity contribution < 1.29 is 29.3 Å². The van der Waals surface area contributed by atoms with Crippen molar-refractivity contribution in [2.45, 2.75) is 89.4 Å². The summed E-state index contributed by atoms with van der Waals surface area (Å²) in [7, 11) is 0. The molecule has 0 radical (unpaired) electrons. The van der Waals surface area contributed by atoms with Crippen molar-refractivity contribution in [2.75, 3.05) is 0 Å². The van der Waals surface area contributed by atoms with Crippen LogP contribution >= 0.6 is 11.6 Å². The van der Waals surface area contributed by atoms with Crippen LogP contribution in [-0.2, 0) is 19.1 Å². The lowest BCUT2D eigenvalue weighted by Gasteiger charge is -2.60. The number of carbonyl (C=O) groups excluding carboxylic acids is 3. The quantitative estimate of drug-likeness (QED) is 0.501. The Morgan fingerprint density at radius 2 is 1.97 bits per heavy atom. The first kappa shape index (κ1) is 22.9. The van der Waals surface area contributed by atoms with E-state index in [9.17, 15) is 24.6 Å². The summed E-state index contributed by atoms with van der Waals surface area (Å²) in [6.45, 7) is 5.75. The van der Waals surface area contributed by atoms with Gasteiger partial charge in [-0.15, -0.1) is 0 Å². The average Bonchev–Trinajstić information content (AvgIpc) is 2.99. The molecule has 0 bridgehead atoms. The number of aliphatic hydroxyl groups excluding tert-OH is 2. The molecule has 0 saturated heterocycles. The van der Waals surface area contributed by atoms with E-state index in [1.54, 1.807) is 13.0 Å². The maximum atomic E-state index is 13.2. The fourth-order valence-corrected chi connectivity index (χ4v) is 7.93. The summed E-state index contributed by atoms with van der Waals surface area (Å²) in [5.74, 6) is -0.831. The minimum atomic E-state index is -1.77. The molecule has 4 rings (SSSR count). The van der Waals surface area contributed by atoms with Gasteiger partial charge in [-0.25, -0.2) is 0 Å². The number of aliphatic hydroxyl groups is 2. The van der Waals surface area contributed by atoms with Crippen molar-refractivity contribution in [3.63, 3.8) is 0 Å². The number of ketones is 2. The van der Waals surface area contributed by atoms with Gasteiger partial charge in [-0.2, -0.15) is 0 Å². The smallest absolute Gasteiger partial charge is 0.306 e. The Kier molecular flexibility index (Phi) is 5.67. The van der Waals surface area contributed by atoms with Gasteiger partial charge in [0.05, 0.1) is 6.10 Å². The molecule has 7 heteroatoms. The topological polar surface area (TPSA) is 101 Å². The molecule has 0 spiro atoms. The van der Waals surface area contributed by atoms with Crippen LogP contribution in [0.4, 0.5) is 0 Å². The van der Waals surface area contributed by atoms with Gasteiger partial charge in [0, 0.05) is 18.3 Å². The fraction of sp³-hybridized carbons (Fsp3) is 0.792. The van der Waals surface area contributed by atoms with E-state index in [1.165, 1.54) is 0 Å². The Morgan fingerprint density at radius 1 is 1.26 bits per heavy atom. The molecule has 0 amide bonds. The minimum Gasteiger partial charge on any atom is -0.450 e. The van der Waals surface area contributed by atoms with Crippen molar-refractivity contribution in [3.8, 4) is 0 Å². The van der Waals surface area contributed by atoms with Crippen molar-refractivity contribution in [1.29, 1.82) is 0 Å². The molecular weight excluding hydrogens is 420 g/mol. The predicted molar refractivity (Wildman–Crippen MR) is 114 cm³/mol. The van der Waals surface area contributed by atoms with Crippen LogP contribution in [0.25, 0.3) is 0 Å². The average molecular weight is 453 g/mol. The normalized spacial score (nSPS) is 45.1. The summed E-state index contributed by atoms with van der Waals surface area (Å²) < 4.78 is 5.82. The molecule has 0 aromatic rings. The molecule has 0 heterocycles. The second-order valence-electron chi connectivity index (χ2n) is 10.5. The molecule has 8 atom stereocenters. The van der Waals surface area contributed by atoms with E-state index >= 15 is 0 Å². The molecule has 172 valence electrons. The first-order valence-corrected chi connectivity index (χ1v) is 11.9. The van der Waals surface area contributed by atoms with Gasteiger partial charge >= 0.3 is 5.97 Å². The van der Waals surface area contributed by atoms with E-state index in [-0.39, 0.29) is 35.4 Å². The lowest BCUT2D eigenvalue weighted by molar-refractivity contribution is -0.202. The Balaban J connectivity index is 1.76. The molecule has 4 aliphatic carbocycles. The van der Waals surface area contributed by atoms with Crippen molar-refractivity contribution >= 4 is 29.1 Å². The molecule has 4 aliphatic rings. The Labute approximate surface area is 188 Å². The highest BCUT2D eigenvalue weighted by Gasteiger charge is 2.71. The monoisotopic (exact) mass is 452 g/mol. The Hall–Kier alpha value is -1.24. The second-order valence-corrected chi connectivity index (χ2v) is 10.9. The summed E-state index contributed by atoms with van der Waals surface area (Å²) >= 11 is 5.83. The molecule has 2 N–H and O–H groups in total. The Morgan fingerprint density at radius 3 is 2.61 bits per heavy atom. The van der Waals surface area contributed by atoms with E-state index in [0.29, 0.717) is 25.7 Å². The number of rotatable bonds is 4. The molecule has 0 aromatic heterocycles. The predicted octanol–water partition coefficient (Wildman–Crippen LogP) is 3.31. The van der Waals surface area contributed by atoms with Crippen LogP contribution in [0.15, 0.2) is 11.6 Å². The first-order chi connectivity index (χ1) is 14.5. The minimum absolute atomic E-state index is 0.00706. The van der Waals surface area contributed by atoms with Crippen molar-refractivity contribution in [1.82, 2.24) is 0 Å². The third-order valence-electron chi connectivity index (χ3n) is 9.21. The third-order valence-corrected chi connectivity index (χ3v) is 9.41. The number of esters is 1. The molecule has 3 fully saturated rings. The van der Waals surface area contributed by atoms with Gasteiger partial charge in [0.25, 0.3) is 0 Å². The maximum absolute atomic E-state index is 13.2. The molecule has 31 heavy (non-hydrogen) atoms. The molecular formula is C24H33ClO6. The van der Waals surface area contributed by atoms with Crippen LogP contribution in [0.5, 0.6) is 0 Å². The lowest BCUT2D eigenvalue weighted by atomic mass is 9.45. The largest absolute Gasteiger partial charge is 0.450 e. The number of ether oxygens (including phenoxy) is 1. The zero-order valence-corrected chi connectivity index (χ0v) is 19.3. The van der Waals surface area contributed by atoms with Gasteiger partial charge in [-0.05, 0) is 67.8 Å². The van der Waals surface area contributed by atoms with Gasteiger partial charge in [0.15, 0.2) is 16.9 Å². The number of allylic oxidation sites excluding steroid dienone is 1. The third kappa shape index (κ3) is 3.16. The second kappa shape index (κ2) is 7.67. The summed E-state index contributed by atoms with van der Waals surface area (Å²) in [5.41, 5.74) is -3.21. The lowest BCUT2D eigenvalue weighted by Crippen LogP contribution is -2.63. The highest BCUT2D eigenvalue weighted by molar-refractivity contribution is 6.31. The molecule has 3 saturated carbocycles. The number of Topliss-reactive ketones (excluding diaryl/α,β-unsaturated/α-hetero) is 1. The van der Waals surface area contributed by atoms with E-state index in [1.807, 2.05) is 6.92 Å². The number of alkyl halides is 1. The van der Waals surface area contributed by atoms with Crippen LogP contribution in [0.3, 0.4) is 0 Å². The van der Waals surface area contributed by atoms with Crippen LogP contribution in [0.1, 0.15) is 72.1 Å². The van der Waals surface area contributed by atoms with Crippen LogP contribution in [0, 0.1) is 28.6 Å². The van der Waals surface area contributed by atoms with E-state index in [4.69, 9.17) is 16.3 Å². The standard InChI is InChI=1S/C24H33ClO6/c1-4-18(28)31-24(20(29)21(25)30)10-8-16-15-6-5-13-11-14(26)7-9-22(13,2)19(15)17(27)12-23(16,24)3/h11,15-17,19,21,27,30H,4-10,12H2,1-3H3/t15-,16-,17-,19+,21?,22-,23-,24-/m0/s1. The van der Waals surface area contributed by atoms with Crippen LogP contribution in [0.2, 0.25) is 0 Å². The summed E-state index contributed by atoms with van der Waals surface area (Å²) in [4.78, 5) is 37.6. The SMILES string of the molecule is CCC(=O)O[C@]1(C(=O)C(O)Cl)CC[C@H]2[C@@H]3CCC4=CC(=O)CC[C@]4(C)[C@H]3[C@@H](O)C[C@@]21C. The van der Waals surface area contributed by atoms with Crippen molar-refractivity contribution in [3.05, 3.63) is 11.6 Å². The number of carbonyl (C=O) groups is 3. The summed E-state index contributed by atoms with van der Waals surface area (Å²) in [6.07, 6.45) is 5.32. The zero-order chi connectivity index (χ0) is 22.8. The van der Waals surface area contributed by atoms with Crippen molar-refractivity contribution in [2.24, 2.45) is 28.6 Å². The van der Waals surface area contributed by atoms with E-state index < -0.39 is 34.4 Å². The first-order valence-electron chi connectivity index (χ1n) is 11.5. The zero-order valence-electron chi connectivity index (χ0n) is 18.5. The van der Waals surface area contributed by atoms with Gasteiger partial charge in [0.1, 0.15) is 0 Å². The molecule has 6 nitrogen and oxygen atoms in total. The number of fused-ring (bicyclic) bond motifs is 5. The van der Waals surface area contributed by atoms with Gasteiger partial charge in [0.2, 0.25) is 5.78 Å². The highest BCUT2D eigenvalue weighted by Crippen LogP contribution is 2.68. The van der Waals surface area contributed by atoms with E-state index in [0.717, 1.165) is 24.8 Å². The molecule has 1 unspecified atom stereocenters. The molecule has 0 aliphatic heterocycles. The summed E-state index contributed by atoms with van der Waals surface area (Å²) in [6, 6.07) is 0. The Bertz CT molecular complexity index is 836. The fourth-order valence-electron chi connectivity index (χ4n) is 7.76. The van der Waals surface area contributed by atoms with E-state index in [2.05, 4.69) is 6.92 Å². The van der Waals surface area contributed by atoms with Crippen LogP contribution in [-0.4, -0.2) is 45.0 Å². The van der Waals surface area contributed by atoms with Gasteiger partial charge in [-0.1, -0.05) is 37.9 Å². The van der Waals surface area contributed by atoms with Gasteiger partial charge < -0.3 is 14.9 Å². The number of hydrogen-bond acceptors (Lipinski definition) is 6. The number of halogens is 1. The maximum Gasteiger partial charge on any atom is 0.306 e. The summed E-state index contributed by atoms with van der Waals surface area (Å²) in [5, 5.41) is 21.4. The van der Waals surface area contributed by atoms with Crippen LogP contribution < -0.4 is 0 Å². The molecule has 0 aromatic carbocycles. The van der Waals surface area contributed by atoms with Gasteiger partial charge in [-0.3, -0.25) is 14.4 Å².